The van der Waals surface area contributed by atoms with Gasteiger partial charge in [0, 0.05) is 0 Å². The van der Waals surface area contributed by atoms with Crippen LogP contribution in [-0.4, -0.2) is 21.2 Å². The second-order valence-corrected chi connectivity index (χ2v) is 6.50. The van der Waals surface area contributed by atoms with Gasteiger partial charge in [-0.15, -0.1) is 0 Å². The molecule has 120 valence electrons. The van der Waals surface area contributed by atoms with Crippen LogP contribution < -0.4 is 9.57 Å². The number of hydrogen-bond acceptors (Lipinski definition) is 4. The summed E-state index contributed by atoms with van der Waals surface area (Å²) in [6, 6.07) is 13.7. The Balaban J connectivity index is 2.06. The first-order valence-corrected chi connectivity index (χ1v) is 8.45. The van der Waals surface area contributed by atoms with Crippen molar-refractivity contribution in [1.29, 1.82) is 0 Å². The number of nitrogens with zero attached hydrogens (tertiary/aromatic N) is 1. The van der Waals surface area contributed by atoms with E-state index in [2.05, 4.69) is 16.5 Å². The van der Waals surface area contributed by atoms with Gasteiger partial charge in [0.2, 0.25) is 0 Å². The molecule has 0 unspecified atom stereocenters. The Labute approximate surface area is 136 Å². The number of rotatable bonds is 7. The lowest BCUT2D eigenvalue weighted by Crippen LogP contribution is -2.18. The van der Waals surface area contributed by atoms with Crippen molar-refractivity contribution < 1.29 is 13.2 Å². The van der Waals surface area contributed by atoms with Gasteiger partial charge in [0.05, 0.1) is 11.1 Å². The van der Waals surface area contributed by atoms with Crippen LogP contribution in [-0.2, 0) is 10.0 Å². The minimum atomic E-state index is -3.66. The molecule has 0 spiro atoms. The van der Waals surface area contributed by atoms with Crippen LogP contribution in [0.1, 0.15) is 11.1 Å². The lowest BCUT2D eigenvalue weighted by atomic mass is 10.2. The first-order valence-electron chi connectivity index (χ1n) is 6.96. The third-order valence-corrected chi connectivity index (χ3v) is 4.18. The van der Waals surface area contributed by atoms with Crippen molar-refractivity contribution in [3.63, 3.8) is 0 Å². The zero-order valence-corrected chi connectivity index (χ0v) is 13.6. The minimum absolute atomic E-state index is 0.170. The predicted octanol–water partition coefficient (Wildman–Crippen LogP) is 2.87. The van der Waals surface area contributed by atoms with E-state index in [0.29, 0.717) is 12.4 Å². The fraction of sp³-hybridized carbons (Fsp3) is 0.118. The Morgan fingerprint density at radius 2 is 1.96 bits per heavy atom. The van der Waals surface area contributed by atoms with Gasteiger partial charge in [-0.2, -0.15) is 13.5 Å². The SMILES string of the molecule is C=CCOc1cccc(/C=N/NS(=O)(=O)c2ccc(C)cc2)c1. The molecule has 2 rings (SSSR count). The molecule has 0 aromatic heterocycles. The molecule has 23 heavy (non-hydrogen) atoms. The van der Waals surface area contributed by atoms with Crippen LogP contribution in [0.5, 0.6) is 5.75 Å². The average molecular weight is 330 g/mol. The summed E-state index contributed by atoms with van der Waals surface area (Å²) in [7, 11) is -3.66. The summed E-state index contributed by atoms with van der Waals surface area (Å²) in [6.07, 6.45) is 3.07. The number of aryl methyl sites for hydroxylation is 1. The summed E-state index contributed by atoms with van der Waals surface area (Å²) in [4.78, 5) is 2.36. The highest BCUT2D eigenvalue weighted by Gasteiger charge is 2.11. The quantitative estimate of drug-likeness (QED) is 0.482. The van der Waals surface area contributed by atoms with Gasteiger partial charge < -0.3 is 4.74 Å². The Morgan fingerprint density at radius 3 is 2.65 bits per heavy atom. The molecule has 0 aliphatic heterocycles. The van der Waals surface area contributed by atoms with Crippen molar-refractivity contribution in [2.24, 2.45) is 5.10 Å². The van der Waals surface area contributed by atoms with Crippen molar-refractivity contribution >= 4 is 16.2 Å². The zero-order chi connectivity index (χ0) is 16.7. The number of sulfonamides is 1. The molecule has 2 aromatic carbocycles. The summed E-state index contributed by atoms with van der Waals surface area (Å²) in [5.41, 5.74) is 1.71. The van der Waals surface area contributed by atoms with Crippen LogP contribution in [0.2, 0.25) is 0 Å². The van der Waals surface area contributed by atoms with Crippen LogP contribution in [0, 0.1) is 6.92 Å². The van der Waals surface area contributed by atoms with E-state index in [1.807, 2.05) is 6.92 Å². The number of nitrogens with one attached hydrogen (secondary N) is 1. The first kappa shape index (κ1) is 16.8. The topological polar surface area (TPSA) is 67.8 Å². The highest BCUT2D eigenvalue weighted by molar-refractivity contribution is 7.89. The summed E-state index contributed by atoms with van der Waals surface area (Å²) in [6.45, 7) is 5.88. The second-order valence-electron chi connectivity index (χ2n) is 4.84. The molecule has 0 amide bonds. The fourth-order valence-electron chi connectivity index (χ4n) is 1.78. The van der Waals surface area contributed by atoms with Gasteiger partial charge >= 0.3 is 0 Å². The molecule has 0 saturated carbocycles. The normalized spacial score (nSPS) is 11.3. The molecule has 0 saturated heterocycles. The summed E-state index contributed by atoms with van der Waals surface area (Å²) in [5.74, 6) is 0.662. The molecule has 0 radical (unpaired) electrons. The van der Waals surface area contributed by atoms with E-state index < -0.39 is 10.0 Å². The maximum atomic E-state index is 12.1. The molecule has 0 heterocycles. The van der Waals surface area contributed by atoms with E-state index in [0.717, 1.165) is 11.1 Å². The van der Waals surface area contributed by atoms with E-state index in [4.69, 9.17) is 4.74 Å². The predicted molar refractivity (Wildman–Crippen MR) is 91.2 cm³/mol. The molecule has 0 aliphatic carbocycles. The fourth-order valence-corrected chi connectivity index (χ4v) is 2.57. The van der Waals surface area contributed by atoms with E-state index in [1.54, 1.807) is 42.5 Å². The van der Waals surface area contributed by atoms with Gasteiger partial charge in [0.15, 0.2) is 0 Å². The van der Waals surface area contributed by atoms with Gasteiger partial charge in [-0.3, -0.25) is 0 Å². The third kappa shape index (κ3) is 4.96. The molecule has 0 bridgehead atoms. The maximum Gasteiger partial charge on any atom is 0.276 e. The molecule has 2 aromatic rings. The first-order chi connectivity index (χ1) is 11.0. The van der Waals surface area contributed by atoms with Crippen LogP contribution in [0.15, 0.2) is 71.2 Å². The lowest BCUT2D eigenvalue weighted by molar-refractivity contribution is 0.363. The third-order valence-electron chi connectivity index (χ3n) is 2.94. The molecule has 1 N–H and O–H groups in total. The molecule has 0 atom stereocenters. The van der Waals surface area contributed by atoms with Crippen molar-refractivity contribution in [2.75, 3.05) is 6.61 Å². The van der Waals surface area contributed by atoms with Crippen LogP contribution in [0.25, 0.3) is 0 Å². The Bertz CT molecular complexity index is 797. The van der Waals surface area contributed by atoms with E-state index in [1.165, 1.54) is 18.3 Å². The van der Waals surface area contributed by atoms with Crippen LogP contribution in [0.3, 0.4) is 0 Å². The number of ether oxygens (including phenoxy) is 1. The zero-order valence-electron chi connectivity index (χ0n) is 12.8. The van der Waals surface area contributed by atoms with E-state index in [-0.39, 0.29) is 4.90 Å². The number of hydrogen-bond donors (Lipinski definition) is 1. The summed E-state index contributed by atoms with van der Waals surface area (Å²) < 4.78 is 29.6. The Hall–Kier alpha value is -2.60. The van der Waals surface area contributed by atoms with Crippen molar-refractivity contribution in [3.05, 3.63) is 72.3 Å². The molecular formula is C17H18N2O3S. The standard InChI is InChI=1S/C17H18N2O3S/c1-3-11-22-16-6-4-5-15(12-16)13-18-19-23(20,21)17-9-7-14(2)8-10-17/h3-10,12-13,19H,1,11H2,2H3/b18-13+. The average Bonchev–Trinajstić information content (AvgIpc) is 2.53. The number of hydrazone groups is 1. The van der Waals surface area contributed by atoms with Crippen LogP contribution in [0.4, 0.5) is 0 Å². The summed E-state index contributed by atoms with van der Waals surface area (Å²) >= 11 is 0. The van der Waals surface area contributed by atoms with Crippen LogP contribution >= 0.6 is 0 Å². The van der Waals surface area contributed by atoms with Gasteiger partial charge in [-0.25, -0.2) is 4.83 Å². The maximum absolute atomic E-state index is 12.1. The van der Waals surface area contributed by atoms with Crippen molar-refractivity contribution in [2.45, 2.75) is 11.8 Å². The van der Waals surface area contributed by atoms with Crippen molar-refractivity contribution in [3.8, 4) is 5.75 Å². The van der Waals surface area contributed by atoms with Gasteiger partial charge in [-0.05, 0) is 36.8 Å². The minimum Gasteiger partial charge on any atom is -0.490 e. The summed E-state index contributed by atoms with van der Waals surface area (Å²) in [5, 5.41) is 3.79. The highest BCUT2D eigenvalue weighted by Crippen LogP contribution is 2.12. The Morgan fingerprint density at radius 1 is 1.22 bits per heavy atom. The smallest absolute Gasteiger partial charge is 0.276 e. The van der Waals surface area contributed by atoms with Gasteiger partial charge in [0.1, 0.15) is 12.4 Å². The Kier molecular flexibility index (Phi) is 5.54. The van der Waals surface area contributed by atoms with Gasteiger partial charge in [0.25, 0.3) is 10.0 Å². The highest BCUT2D eigenvalue weighted by atomic mass is 32.2. The molecule has 5 nitrogen and oxygen atoms in total. The molecule has 0 aliphatic rings. The van der Waals surface area contributed by atoms with Gasteiger partial charge in [-0.1, -0.05) is 42.5 Å². The van der Waals surface area contributed by atoms with Crippen molar-refractivity contribution in [1.82, 2.24) is 4.83 Å². The molecular weight excluding hydrogens is 312 g/mol. The monoisotopic (exact) mass is 330 g/mol. The number of benzene rings is 2. The largest absolute Gasteiger partial charge is 0.490 e. The second kappa shape index (κ2) is 7.60. The van der Waals surface area contributed by atoms with E-state index >= 15 is 0 Å². The molecule has 6 heteroatoms. The lowest BCUT2D eigenvalue weighted by Gasteiger charge is -2.04. The van der Waals surface area contributed by atoms with E-state index in [9.17, 15) is 8.42 Å². The molecule has 0 fully saturated rings.